The normalized spacial score (nSPS) is 18.2. The molecule has 1 fully saturated rings. The van der Waals surface area contributed by atoms with Gasteiger partial charge in [0.25, 0.3) is 0 Å². The highest BCUT2D eigenvalue weighted by molar-refractivity contribution is 7.80. The Morgan fingerprint density at radius 1 is 1.43 bits per heavy atom. The van der Waals surface area contributed by atoms with Gasteiger partial charge in [-0.2, -0.15) is 12.6 Å². The number of nitrogens with zero attached hydrogens (tertiary/aromatic N) is 1. The first-order chi connectivity index (χ1) is 10.7. The Kier molecular flexibility index (Phi) is 5.24. The fourth-order valence-electron chi connectivity index (χ4n) is 2.54. The third-order valence-electron chi connectivity index (χ3n) is 3.61. The van der Waals surface area contributed by atoms with Gasteiger partial charge >= 0.3 is 6.09 Å². The van der Waals surface area contributed by atoms with Gasteiger partial charge in [-0.25, -0.2) is 4.79 Å². The van der Waals surface area contributed by atoms with E-state index in [1.165, 1.54) is 0 Å². The second-order valence-electron chi connectivity index (χ2n) is 6.89. The molecule has 0 spiro atoms. The van der Waals surface area contributed by atoms with Crippen LogP contribution in [0.15, 0.2) is 18.2 Å². The van der Waals surface area contributed by atoms with Crippen molar-refractivity contribution in [2.24, 2.45) is 5.92 Å². The molecular formula is C17H24N2O3S. The molecule has 1 aromatic rings. The van der Waals surface area contributed by atoms with E-state index in [4.69, 9.17) is 4.74 Å². The number of anilines is 2. The standard InChI is InChI=1S/C17H24N2O3S/c1-11-5-6-13(18-16(21)22-17(2,3)4)8-14(11)19-9-12(10-23)7-15(19)20/h5-6,8,12,23H,7,9-10H2,1-4H3,(H,18,21). The first-order valence-electron chi connectivity index (χ1n) is 7.71. The van der Waals surface area contributed by atoms with Crippen LogP contribution < -0.4 is 10.2 Å². The lowest BCUT2D eigenvalue weighted by molar-refractivity contribution is -0.117. The van der Waals surface area contributed by atoms with E-state index in [1.54, 1.807) is 11.0 Å². The number of nitrogens with one attached hydrogen (secondary N) is 1. The lowest BCUT2D eigenvalue weighted by Gasteiger charge is -2.22. The molecule has 1 heterocycles. The molecule has 5 nitrogen and oxygen atoms in total. The number of aryl methyl sites for hydroxylation is 1. The lowest BCUT2D eigenvalue weighted by Crippen LogP contribution is -2.28. The quantitative estimate of drug-likeness (QED) is 0.829. The molecule has 6 heteroatoms. The van der Waals surface area contributed by atoms with Gasteiger partial charge in [-0.05, 0) is 57.1 Å². The lowest BCUT2D eigenvalue weighted by atomic mass is 10.1. The molecule has 2 amide bonds. The van der Waals surface area contributed by atoms with Crippen molar-refractivity contribution in [3.05, 3.63) is 23.8 Å². The van der Waals surface area contributed by atoms with Gasteiger partial charge in [0, 0.05) is 24.3 Å². The van der Waals surface area contributed by atoms with Crippen molar-refractivity contribution in [3.8, 4) is 0 Å². The van der Waals surface area contributed by atoms with Crippen LogP contribution in [0.5, 0.6) is 0 Å². The number of ether oxygens (including phenoxy) is 1. The first-order valence-corrected chi connectivity index (χ1v) is 8.34. The minimum absolute atomic E-state index is 0.0987. The van der Waals surface area contributed by atoms with Crippen molar-refractivity contribution in [1.82, 2.24) is 0 Å². The van der Waals surface area contributed by atoms with Crippen LogP contribution in [-0.2, 0) is 9.53 Å². The van der Waals surface area contributed by atoms with Crippen molar-refractivity contribution in [3.63, 3.8) is 0 Å². The van der Waals surface area contributed by atoms with Gasteiger partial charge in [0.05, 0.1) is 0 Å². The molecule has 2 rings (SSSR count). The van der Waals surface area contributed by atoms with Gasteiger partial charge in [0.15, 0.2) is 0 Å². The molecule has 126 valence electrons. The fraction of sp³-hybridized carbons (Fsp3) is 0.529. The maximum absolute atomic E-state index is 12.2. The summed E-state index contributed by atoms with van der Waals surface area (Å²) in [6.45, 7) is 8.06. The molecule has 1 N–H and O–H groups in total. The van der Waals surface area contributed by atoms with Crippen LogP contribution in [0.3, 0.4) is 0 Å². The molecule has 1 aromatic carbocycles. The second kappa shape index (κ2) is 6.83. The van der Waals surface area contributed by atoms with E-state index in [9.17, 15) is 9.59 Å². The zero-order chi connectivity index (χ0) is 17.2. The summed E-state index contributed by atoms with van der Waals surface area (Å²) in [5.41, 5.74) is 1.88. The van der Waals surface area contributed by atoms with Crippen LogP contribution in [0.2, 0.25) is 0 Å². The van der Waals surface area contributed by atoms with Gasteiger partial charge in [0.1, 0.15) is 5.60 Å². The van der Waals surface area contributed by atoms with Crippen LogP contribution in [0, 0.1) is 12.8 Å². The number of hydrogen-bond acceptors (Lipinski definition) is 4. The van der Waals surface area contributed by atoms with E-state index in [2.05, 4.69) is 17.9 Å². The summed E-state index contributed by atoms with van der Waals surface area (Å²) in [6, 6.07) is 5.51. The Balaban J connectivity index is 2.16. The van der Waals surface area contributed by atoms with Crippen LogP contribution in [0.4, 0.5) is 16.2 Å². The minimum Gasteiger partial charge on any atom is -0.444 e. The van der Waals surface area contributed by atoms with Crippen LogP contribution in [-0.4, -0.2) is 29.9 Å². The van der Waals surface area contributed by atoms with Crippen molar-refractivity contribution >= 4 is 36.0 Å². The molecule has 0 bridgehead atoms. The SMILES string of the molecule is Cc1ccc(NC(=O)OC(C)(C)C)cc1N1CC(CS)CC1=O. The fourth-order valence-corrected chi connectivity index (χ4v) is 2.78. The van der Waals surface area contributed by atoms with Crippen LogP contribution >= 0.6 is 12.6 Å². The summed E-state index contributed by atoms with van der Waals surface area (Å²) in [5.74, 6) is 1.06. The number of benzene rings is 1. The van der Waals surface area contributed by atoms with E-state index in [-0.39, 0.29) is 11.8 Å². The second-order valence-corrected chi connectivity index (χ2v) is 7.25. The summed E-state index contributed by atoms with van der Waals surface area (Å²) in [7, 11) is 0. The molecule has 1 unspecified atom stereocenters. The van der Waals surface area contributed by atoms with Gasteiger partial charge in [-0.15, -0.1) is 0 Å². The predicted molar refractivity (Wildman–Crippen MR) is 95.3 cm³/mol. The maximum Gasteiger partial charge on any atom is 0.412 e. The average molecular weight is 336 g/mol. The number of thiol groups is 1. The summed E-state index contributed by atoms with van der Waals surface area (Å²) in [4.78, 5) is 25.9. The zero-order valence-electron chi connectivity index (χ0n) is 14.0. The molecule has 0 radical (unpaired) electrons. The van der Waals surface area contributed by atoms with Crippen molar-refractivity contribution in [2.45, 2.75) is 39.7 Å². The number of carbonyl (C=O) groups is 2. The largest absolute Gasteiger partial charge is 0.444 e. The van der Waals surface area contributed by atoms with Gasteiger partial charge in [-0.1, -0.05) is 6.07 Å². The Morgan fingerprint density at radius 2 is 2.13 bits per heavy atom. The van der Waals surface area contributed by atoms with Crippen LogP contribution in [0.1, 0.15) is 32.8 Å². The number of rotatable bonds is 3. The smallest absolute Gasteiger partial charge is 0.412 e. The highest BCUT2D eigenvalue weighted by Crippen LogP contribution is 2.30. The number of amides is 2. The van der Waals surface area contributed by atoms with Crippen molar-refractivity contribution in [1.29, 1.82) is 0 Å². The van der Waals surface area contributed by atoms with Crippen molar-refractivity contribution in [2.75, 3.05) is 22.5 Å². The highest BCUT2D eigenvalue weighted by Gasteiger charge is 2.30. The first kappa shape index (κ1) is 17.7. The Morgan fingerprint density at radius 3 is 2.70 bits per heavy atom. The highest BCUT2D eigenvalue weighted by atomic mass is 32.1. The Hall–Kier alpha value is -1.69. The van der Waals surface area contributed by atoms with E-state index >= 15 is 0 Å². The third-order valence-corrected chi connectivity index (χ3v) is 4.12. The van der Waals surface area contributed by atoms with Crippen LogP contribution in [0.25, 0.3) is 0 Å². The minimum atomic E-state index is -0.553. The van der Waals surface area contributed by atoms with E-state index in [0.717, 1.165) is 11.3 Å². The Bertz CT molecular complexity index is 610. The average Bonchev–Trinajstić information content (AvgIpc) is 2.80. The molecule has 1 atom stereocenters. The summed E-state index contributed by atoms with van der Waals surface area (Å²) in [5, 5.41) is 2.72. The van der Waals surface area contributed by atoms with E-state index in [0.29, 0.717) is 24.4 Å². The molecule has 1 saturated heterocycles. The summed E-state index contributed by atoms with van der Waals surface area (Å²) >= 11 is 4.29. The van der Waals surface area contributed by atoms with E-state index in [1.807, 2.05) is 39.8 Å². The van der Waals surface area contributed by atoms with Gasteiger partial charge < -0.3 is 9.64 Å². The number of carbonyl (C=O) groups excluding carboxylic acids is 2. The maximum atomic E-state index is 12.2. The van der Waals surface area contributed by atoms with Gasteiger partial charge in [-0.3, -0.25) is 10.1 Å². The molecule has 0 aromatic heterocycles. The summed E-state index contributed by atoms with van der Waals surface area (Å²) in [6.07, 6.45) is 0.0143. The molecule has 0 saturated carbocycles. The monoisotopic (exact) mass is 336 g/mol. The molecular weight excluding hydrogens is 312 g/mol. The Labute approximate surface area is 142 Å². The predicted octanol–water partition coefficient (Wildman–Crippen LogP) is 3.62. The molecule has 1 aliphatic rings. The van der Waals surface area contributed by atoms with E-state index < -0.39 is 11.7 Å². The van der Waals surface area contributed by atoms with Gasteiger partial charge in [0.2, 0.25) is 5.91 Å². The third kappa shape index (κ3) is 4.64. The molecule has 0 aliphatic carbocycles. The van der Waals surface area contributed by atoms with Crippen molar-refractivity contribution < 1.29 is 14.3 Å². The molecule has 23 heavy (non-hydrogen) atoms. The molecule has 1 aliphatic heterocycles. The summed E-state index contributed by atoms with van der Waals surface area (Å²) < 4.78 is 5.25. The number of hydrogen-bond donors (Lipinski definition) is 2. The topological polar surface area (TPSA) is 58.6 Å². The zero-order valence-corrected chi connectivity index (χ0v) is 14.9.